The number of nitrogens with zero attached hydrogens (tertiary/aromatic N) is 1. The zero-order valence-electron chi connectivity index (χ0n) is 9.03. The second kappa shape index (κ2) is 5.63. The molecule has 1 rings (SSSR count). The van der Waals surface area contributed by atoms with Crippen molar-refractivity contribution in [1.82, 2.24) is 4.90 Å². The summed E-state index contributed by atoms with van der Waals surface area (Å²) in [7, 11) is 1.74. The average Bonchev–Trinajstić information content (AvgIpc) is 2.94. The molecule has 1 fully saturated rings. The second-order valence-corrected chi connectivity index (χ2v) is 4.49. The Hall–Kier alpha value is -0.190. The van der Waals surface area contributed by atoms with Crippen molar-refractivity contribution in [3.63, 3.8) is 0 Å². The number of methoxy groups -OCH3 is 1. The first-order valence-corrected chi connectivity index (χ1v) is 5.58. The van der Waals surface area contributed by atoms with Gasteiger partial charge in [-0.05, 0) is 12.8 Å². The first-order valence-electron chi connectivity index (χ1n) is 5.17. The normalized spacial score (nSPS) is 18.5. The van der Waals surface area contributed by atoms with Crippen molar-refractivity contribution in [2.45, 2.75) is 25.8 Å². The highest BCUT2D eigenvalue weighted by molar-refractivity contribution is 7.80. The van der Waals surface area contributed by atoms with Gasteiger partial charge in [-0.1, -0.05) is 19.1 Å². The molecule has 0 aromatic rings. The van der Waals surface area contributed by atoms with Crippen LogP contribution in [0.2, 0.25) is 0 Å². The number of nitrogens with two attached hydrogens (primary N) is 1. The van der Waals surface area contributed by atoms with Crippen LogP contribution < -0.4 is 5.73 Å². The van der Waals surface area contributed by atoms with Crippen LogP contribution in [0.4, 0.5) is 0 Å². The molecule has 1 saturated carbocycles. The SMILES string of the molecule is COCCN(CC(C)C(N)=S)C1CC1. The van der Waals surface area contributed by atoms with Crippen molar-refractivity contribution >= 4 is 17.2 Å². The van der Waals surface area contributed by atoms with Gasteiger partial charge in [0.1, 0.15) is 0 Å². The third-order valence-corrected chi connectivity index (χ3v) is 3.04. The molecule has 2 N–H and O–H groups in total. The van der Waals surface area contributed by atoms with Gasteiger partial charge in [-0.3, -0.25) is 4.90 Å². The van der Waals surface area contributed by atoms with Crippen LogP contribution in [0, 0.1) is 5.92 Å². The van der Waals surface area contributed by atoms with Crippen molar-refractivity contribution in [2.24, 2.45) is 11.7 Å². The van der Waals surface area contributed by atoms with Gasteiger partial charge in [-0.15, -0.1) is 0 Å². The smallest absolute Gasteiger partial charge is 0.0768 e. The van der Waals surface area contributed by atoms with Crippen molar-refractivity contribution in [3.8, 4) is 0 Å². The lowest BCUT2D eigenvalue weighted by molar-refractivity contribution is 0.139. The molecule has 82 valence electrons. The Morgan fingerprint density at radius 3 is 2.71 bits per heavy atom. The summed E-state index contributed by atoms with van der Waals surface area (Å²) in [5.74, 6) is 0.308. The van der Waals surface area contributed by atoms with Gasteiger partial charge >= 0.3 is 0 Å². The van der Waals surface area contributed by atoms with Gasteiger partial charge in [0.25, 0.3) is 0 Å². The van der Waals surface area contributed by atoms with Gasteiger partial charge in [0.05, 0.1) is 11.6 Å². The quantitative estimate of drug-likeness (QED) is 0.645. The van der Waals surface area contributed by atoms with E-state index in [1.807, 2.05) is 0 Å². The zero-order chi connectivity index (χ0) is 10.6. The van der Waals surface area contributed by atoms with E-state index in [4.69, 9.17) is 22.7 Å². The summed E-state index contributed by atoms with van der Waals surface area (Å²) in [4.78, 5) is 3.06. The molecular formula is C10H20N2OS. The van der Waals surface area contributed by atoms with Crippen LogP contribution in [0.3, 0.4) is 0 Å². The van der Waals surface area contributed by atoms with Crippen LogP contribution in [-0.4, -0.2) is 42.7 Å². The van der Waals surface area contributed by atoms with E-state index in [1.165, 1.54) is 12.8 Å². The van der Waals surface area contributed by atoms with Gasteiger partial charge in [0, 0.05) is 32.2 Å². The fourth-order valence-corrected chi connectivity index (χ4v) is 1.59. The maximum atomic E-state index is 5.61. The molecule has 1 aliphatic carbocycles. The number of hydrogen-bond acceptors (Lipinski definition) is 3. The summed E-state index contributed by atoms with van der Waals surface area (Å²) >= 11 is 4.98. The molecule has 0 heterocycles. The molecular weight excluding hydrogens is 196 g/mol. The summed E-state index contributed by atoms with van der Waals surface area (Å²) in [6.07, 6.45) is 2.63. The number of ether oxygens (including phenoxy) is 1. The van der Waals surface area contributed by atoms with Gasteiger partial charge in [0.2, 0.25) is 0 Å². The Labute approximate surface area is 91.6 Å². The number of hydrogen-bond donors (Lipinski definition) is 1. The summed E-state index contributed by atoms with van der Waals surface area (Å²) in [5.41, 5.74) is 5.61. The third kappa shape index (κ3) is 3.90. The van der Waals surface area contributed by atoms with Crippen LogP contribution in [0.5, 0.6) is 0 Å². The van der Waals surface area contributed by atoms with Crippen LogP contribution >= 0.6 is 12.2 Å². The lowest BCUT2D eigenvalue weighted by atomic mass is 10.1. The Balaban J connectivity index is 2.30. The highest BCUT2D eigenvalue weighted by atomic mass is 32.1. The summed E-state index contributed by atoms with van der Waals surface area (Å²) in [6.45, 7) is 4.85. The van der Waals surface area contributed by atoms with E-state index in [-0.39, 0.29) is 0 Å². The van der Waals surface area contributed by atoms with Gasteiger partial charge in [0.15, 0.2) is 0 Å². The molecule has 14 heavy (non-hydrogen) atoms. The van der Waals surface area contributed by atoms with Crippen LogP contribution in [-0.2, 0) is 4.74 Å². The largest absolute Gasteiger partial charge is 0.393 e. The van der Waals surface area contributed by atoms with E-state index in [0.29, 0.717) is 10.9 Å². The fraction of sp³-hybridized carbons (Fsp3) is 0.900. The second-order valence-electron chi connectivity index (χ2n) is 4.02. The van der Waals surface area contributed by atoms with Crippen LogP contribution in [0.25, 0.3) is 0 Å². The average molecular weight is 216 g/mol. The predicted octanol–water partition coefficient (Wildman–Crippen LogP) is 1.02. The van der Waals surface area contributed by atoms with Gasteiger partial charge in [-0.2, -0.15) is 0 Å². The summed E-state index contributed by atoms with van der Waals surface area (Å²) in [6, 6.07) is 0.752. The molecule has 1 atom stereocenters. The van der Waals surface area contributed by atoms with Crippen LogP contribution in [0.15, 0.2) is 0 Å². The maximum absolute atomic E-state index is 5.61. The number of rotatable bonds is 7. The maximum Gasteiger partial charge on any atom is 0.0768 e. The Morgan fingerprint density at radius 2 is 2.29 bits per heavy atom. The lowest BCUT2D eigenvalue weighted by Crippen LogP contribution is -2.37. The number of thiocarbonyl (C=S) groups is 1. The summed E-state index contributed by atoms with van der Waals surface area (Å²) < 4.78 is 5.09. The molecule has 0 radical (unpaired) electrons. The van der Waals surface area contributed by atoms with Crippen molar-refractivity contribution in [1.29, 1.82) is 0 Å². The fourth-order valence-electron chi connectivity index (χ4n) is 1.51. The monoisotopic (exact) mass is 216 g/mol. The van der Waals surface area contributed by atoms with Crippen LogP contribution in [0.1, 0.15) is 19.8 Å². The summed E-state index contributed by atoms with van der Waals surface area (Å²) in [5, 5.41) is 0. The molecule has 1 aliphatic rings. The van der Waals surface area contributed by atoms with Crippen molar-refractivity contribution in [3.05, 3.63) is 0 Å². The van der Waals surface area contributed by atoms with E-state index in [2.05, 4.69) is 11.8 Å². The minimum absolute atomic E-state index is 0.308. The minimum Gasteiger partial charge on any atom is -0.393 e. The highest BCUT2D eigenvalue weighted by Crippen LogP contribution is 2.27. The van der Waals surface area contributed by atoms with E-state index in [0.717, 1.165) is 25.7 Å². The lowest BCUT2D eigenvalue weighted by Gasteiger charge is -2.24. The molecule has 0 aromatic carbocycles. The van der Waals surface area contributed by atoms with E-state index in [1.54, 1.807) is 7.11 Å². The van der Waals surface area contributed by atoms with Crippen molar-refractivity contribution < 1.29 is 4.74 Å². The molecule has 0 aliphatic heterocycles. The Morgan fingerprint density at radius 1 is 1.64 bits per heavy atom. The van der Waals surface area contributed by atoms with Crippen molar-refractivity contribution in [2.75, 3.05) is 26.8 Å². The topological polar surface area (TPSA) is 38.5 Å². The third-order valence-electron chi connectivity index (χ3n) is 2.64. The molecule has 0 spiro atoms. The molecule has 0 aromatic heterocycles. The Kier molecular flexibility index (Phi) is 4.78. The Bertz CT molecular complexity index is 195. The molecule has 0 saturated heterocycles. The van der Waals surface area contributed by atoms with E-state index in [9.17, 15) is 0 Å². The van der Waals surface area contributed by atoms with Gasteiger partial charge in [-0.25, -0.2) is 0 Å². The minimum atomic E-state index is 0.308. The van der Waals surface area contributed by atoms with E-state index < -0.39 is 0 Å². The highest BCUT2D eigenvalue weighted by Gasteiger charge is 2.29. The standard InChI is InChI=1S/C10H20N2OS/c1-8(10(11)14)7-12(5-6-13-2)9-3-4-9/h8-9H,3-7H2,1-2H3,(H2,11,14). The molecule has 0 amide bonds. The molecule has 4 heteroatoms. The molecule has 1 unspecified atom stereocenters. The molecule has 3 nitrogen and oxygen atoms in total. The predicted molar refractivity (Wildman–Crippen MR) is 62.4 cm³/mol. The first-order chi connectivity index (χ1) is 6.65. The van der Waals surface area contributed by atoms with Gasteiger partial charge < -0.3 is 10.5 Å². The molecule has 0 bridgehead atoms. The zero-order valence-corrected chi connectivity index (χ0v) is 9.85. The first kappa shape index (κ1) is 11.9. The van der Waals surface area contributed by atoms with E-state index >= 15 is 0 Å².